The van der Waals surface area contributed by atoms with Gasteiger partial charge in [-0.05, 0) is 0 Å². The van der Waals surface area contributed by atoms with Gasteiger partial charge in [-0.15, -0.1) is 0 Å². The van der Waals surface area contributed by atoms with Crippen molar-refractivity contribution in [2.45, 2.75) is 48.8 Å². The number of aliphatic carboxylic acids is 2. The molecule has 0 aliphatic carbocycles. The van der Waals surface area contributed by atoms with Crippen molar-refractivity contribution in [1.29, 1.82) is 0 Å². The van der Waals surface area contributed by atoms with Crippen LogP contribution >= 0.6 is 0 Å². The van der Waals surface area contributed by atoms with Gasteiger partial charge < -0.3 is 51.1 Å². The van der Waals surface area contributed by atoms with Crippen molar-refractivity contribution in [3.05, 3.63) is 0 Å². The number of aliphatic hydroxyl groups is 8. The van der Waals surface area contributed by atoms with Gasteiger partial charge in [-0.25, -0.2) is 9.59 Å². The molecule has 8 atom stereocenters. The second kappa shape index (κ2) is 8.30. The van der Waals surface area contributed by atoms with Gasteiger partial charge in [0.05, 0.1) is 0 Å². The second-order valence-electron chi connectivity index (χ2n) is 4.51. The van der Waals surface area contributed by atoms with Crippen LogP contribution in [0.3, 0.4) is 0 Å². The fourth-order valence-electron chi connectivity index (χ4n) is 1.47. The second-order valence-corrected chi connectivity index (χ2v) is 4.51. The standard InChI is InChI=1S/C10H18O12/c11-1(3(13)5(15)7(17)9(19)20)2(12)4(14)6(16)8(18)10(21)22/h1-8,11-18H,(H,19,20)(H,21,22)/t1-,2-,3-,4+,5+,6+,7-,8+/m1/s1. The number of carbonyl (C=O) groups is 2. The minimum Gasteiger partial charge on any atom is -0.479 e. The van der Waals surface area contributed by atoms with Gasteiger partial charge in [0.15, 0.2) is 12.2 Å². The van der Waals surface area contributed by atoms with E-state index in [1.165, 1.54) is 0 Å². The summed E-state index contributed by atoms with van der Waals surface area (Å²) in [5.41, 5.74) is 0. The molecule has 12 heteroatoms. The largest absolute Gasteiger partial charge is 0.479 e. The van der Waals surface area contributed by atoms with Gasteiger partial charge in [-0.2, -0.15) is 0 Å². The van der Waals surface area contributed by atoms with E-state index in [-0.39, 0.29) is 0 Å². The smallest absolute Gasteiger partial charge is 0.335 e. The van der Waals surface area contributed by atoms with Crippen LogP contribution in [0.15, 0.2) is 0 Å². The normalized spacial score (nSPS) is 22.7. The minimum atomic E-state index is -2.52. The minimum absolute atomic E-state index is 1.95. The van der Waals surface area contributed by atoms with E-state index < -0.39 is 60.8 Å². The Kier molecular flexibility index (Phi) is 7.78. The maximum absolute atomic E-state index is 10.4. The van der Waals surface area contributed by atoms with E-state index in [9.17, 15) is 40.2 Å². The molecule has 0 radical (unpaired) electrons. The van der Waals surface area contributed by atoms with Crippen molar-refractivity contribution in [3.8, 4) is 0 Å². The molecule has 0 bridgehead atoms. The molecule has 0 aromatic heterocycles. The summed E-state index contributed by atoms with van der Waals surface area (Å²) in [6.07, 6.45) is -19.9. The van der Waals surface area contributed by atoms with Crippen LogP contribution < -0.4 is 0 Å². The lowest BCUT2D eigenvalue weighted by molar-refractivity contribution is -0.189. The lowest BCUT2D eigenvalue weighted by Gasteiger charge is -2.32. The van der Waals surface area contributed by atoms with Crippen molar-refractivity contribution in [3.63, 3.8) is 0 Å². The third-order valence-corrected chi connectivity index (χ3v) is 2.90. The molecule has 0 unspecified atom stereocenters. The first-order chi connectivity index (χ1) is 9.93. The fourth-order valence-corrected chi connectivity index (χ4v) is 1.47. The summed E-state index contributed by atoms with van der Waals surface area (Å²) in [5.74, 6) is -3.90. The van der Waals surface area contributed by atoms with Gasteiger partial charge in [-0.1, -0.05) is 0 Å². The highest BCUT2D eigenvalue weighted by Crippen LogP contribution is 2.14. The van der Waals surface area contributed by atoms with E-state index in [1.54, 1.807) is 0 Å². The van der Waals surface area contributed by atoms with E-state index in [1.807, 2.05) is 0 Å². The Morgan fingerprint density at radius 3 is 0.818 bits per heavy atom. The Balaban J connectivity index is 4.93. The quantitative estimate of drug-likeness (QED) is 0.190. The third-order valence-electron chi connectivity index (χ3n) is 2.90. The average Bonchev–Trinajstić information content (AvgIpc) is 2.48. The Labute approximate surface area is 122 Å². The summed E-state index contributed by atoms with van der Waals surface area (Å²) in [6.45, 7) is 0. The van der Waals surface area contributed by atoms with E-state index in [4.69, 9.17) is 20.4 Å². The molecule has 0 amide bonds. The third kappa shape index (κ3) is 4.82. The van der Waals surface area contributed by atoms with Gasteiger partial charge in [0.25, 0.3) is 0 Å². The maximum atomic E-state index is 10.4. The maximum Gasteiger partial charge on any atom is 0.335 e. The highest BCUT2D eigenvalue weighted by molar-refractivity contribution is 5.73. The number of hydrogen-bond acceptors (Lipinski definition) is 10. The molecule has 10 N–H and O–H groups in total. The molecule has 130 valence electrons. The van der Waals surface area contributed by atoms with Crippen molar-refractivity contribution < 1.29 is 60.7 Å². The lowest BCUT2D eigenvalue weighted by Crippen LogP contribution is -2.57. The molecule has 0 aromatic rings. The first-order valence-corrected chi connectivity index (χ1v) is 5.83. The fraction of sp³-hybridized carbons (Fsp3) is 0.800. The van der Waals surface area contributed by atoms with Crippen LogP contribution in [0.4, 0.5) is 0 Å². The topological polar surface area (TPSA) is 236 Å². The van der Waals surface area contributed by atoms with E-state index in [0.29, 0.717) is 0 Å². The predicted octanol–water partition coefficient (Wildman–Crippen LogP) is -5.96. The molecule has 0 aliphatic heterocycles. The monoisotopic (exact) mass is 330 g/mol. The van der Waals surface area contributed by atoms with Gasteiger partial charge in [0.2, 0.25) is 0 Å². The highest BCUT2D eigenvalue weighted by Gasteiger charge is 2.43. The van der Waals surface area contributed by atoms with Crippen LogP contribution in [-0.4, -0.2) is 112 Å². The van der Waals surface area contributed by atoms with Crippen LogP contribution in [0.25, 0.3) is 0 Å². The number of carboxylic acid groups (broad SMARTS) is 2. The highest BCUT2D eigenvalue weighted by atomic mass is 16.4. The number of rotatable bonds is 9. The number of aliphatic hydroxyl groups excluding tert-OH is 8. The molecular weight excluding hydrogens is 312 g/mol. The Bertz CT molecular complexity index is 350. The SMILES string of the molecule is O=C(O)[C@@H](O)[C@@H](O)[C@@H](O)[C@H](O)[C@@H](O)[C@@H](O)[C@H](O)[C@@H](O)C(=O)O. The molecule has 12 nitrogen and oxygen atoms in total. The van der Waals surface area contributed by atoms with E-state index in [0.717, 1.165) is 0 Å². The summed E-state index contributed by atoms with van der Waals surface area (Å²) >= 11 is 0. The Morgan fingerprint density at radius 1 is 0.455 bits per heavy atom. The van der Waals surface area contributed by atoms with Crippen molar-refractivity contribution in [2.75, 3.05) is 0 Å². The van der Waals surface area contributed by atoms with Crippen LogP contribution in [0.2, 0.25) is 0 Å². The lowest BCUT2D eigenvalue weighted by atomic mass is 9.93. The molecule has 22 heavy (non-hydrogen) atoms. The van der Waals surface area contributed by atoms with Crippen LogP contribution in [0.1, 0.15) is 0 Å². The van der Waals surface area contributed by atoms with E-state index >= 15 is 0 Å². The summed E-state index contributed by atoms with van der Waals surface area (Å²) in [5, 5.41) is 91.0. The van der Waals surface area contributed by atoms with Gasteiger partial charge in [0, 0.05) is 0 Å². The Morgan fingerprint density at radius 2 is 0.636 bits per heavy atom. The van der Waals surface area contributed by atoms with E-state index in [2.05, 4.69) is 0 Å². The van der Waals surface area contributed by atoms with Crippen molar-refractivity contribution in [1.82, 2.24) is 0 Å². The Hall–Kier alpha value is -1.38. The molecule has 0 spiro atoms. The molecule has 0 aliphatic rings. The summed E-state index contributed by atoms with van der Waals surface area (Å²) in [7, 11) is 0. The molecule has 0 saturated heterocycles. The van der Waals surface area contributed by atoms with Gasteiger partial charge >= 0.3 is 11.9 Å². The zero-order valence-corrected chi connectivity index (χ0v) is 10.9. The average molecular weight is 330 g/mol. The molecule has 0 saturated carbocycles. The molecule has 0 rings (SSSR count). The van der Waals surface area contributed by atoms with Crippen molar-refractivity contribution in [2.24, 2.45) is 0 Å². The number of carboxylic acids is 2. The number of hydrogen-bond donors (Lipinski definition) is 10. The van der Waals surface area contributed by atoms with Gasteiger partial charge in [0.1, 0.15) is 36.6 Å². The summed E-state index contributed by atoms with van der Waals surface area (Å²) < 4.78 is 0. The zero-order chi connectivity index (χ0) is 17.8. The molecule has 0 aromatic carbocycles. The summed E-state index contributed by atoms with van der Waals surface area (Å²) in [4.78, 5) is 20.8. The van der Waals surface area contributed by atoms with Crippen LogP contribution in [0.5, 0.6) is 0 Å². The molecule has 0 fully saturated rings. The first-order valence-electron chi connectivity index (χ1n) is 5.83. The van der Waals surface area contributed by atoms with Crippen LogP contribution in [-0.2, 0) is 9.59 Å². The molecule has 0 heterocycles. The molecular formula is C10H18O12. The van der Waals surface area contributed by atoms with Gasteiger partial charge in [-0.3, -0.25) is 0 Å². The van der Waals surface area contributed by atoms with Crippen molar-refractivity contribution >= 4 is 11.9 Å². The van der Waals surface area contributed by atoms with Crippen LogP contribution in [0, 0.1) is 0 Å². The zero-order valence-electron chi connectivity index (χ0n) is 10.9. The first kappa shape index (κ1) is 20.6. The predicted molar refractivity (Wildman–Crippen MR) is 63.3 cm³/mol. The summed E-state index contributed by atoms with van der Waals surface area (Å²) in [6, 6.07) is 0.